The molecule has 0 radical (unpaired) electrons. The summed E-state index contributed by atoms with van der Waals surface area (Å²) < 4.78 is 14.5. The zero-order valence-electron chi connectivity index (χ0n) is 18.9. The van der Waals surface area contributed by atoms with E-state index in [4.69, 9.17) is 4.98 Å². The van der Waals surface area contributed by atoms with E-state index in [9.17, 15) is 4.39 Å². The van der Waals surface area contributed by atoms with Gasteiger partial charge in [0.05, 0.1) is 10.9 Å². The van der Waals surface area contributed by atoms with Crippen LogP contribution in [0.15, 0.2) is 67.3 Å². The van der Waals surface area contributed by atoms with E-state index in [0.29, 0.717) is 33.9 Å². The first-order valence-corrected chi connectivity index (χ1v) is 11.3. The number of pyridine rings is 3. The number of H-pyrrole nitrogens is 2. The van der Waals surface area contributed by atoms with Gasteiger partial charge in [0.15, 0.2) is 11.5 Å². The highest BCUT2D eigenvalue weighted by molar-refractivity contribution is 5.96. The van der Waals surface area contributed by atoms with E-state index < -0.39 is 0 Å². The lowest BCUT2D eigenvalue weighted by Gasteiger charge is -2.05. The van der Waals surface area contributed by atoms with Crippen LogP contribution in [0.4, 0.5) is 4.39 Å². The smallest absolute Gasteiger partial charge is 0.159 e. The summed E-state index contributed by atoms with van der Waals surface area (Å²) in [6.45, 7) is 3.71. The lowest BCUT2D eigenvalue weighted by molar-refractivity contribution is 0.631. The highest BCUT2D eigenvalue weighted by Gasteiger charge is 2.18. The van der Waals surface area contributed by atoms with E-state index in [1.807, 2.05) is 24.5 Å². The Morgan fingerprint density at radius 2 is 1.86 bits per heavy atom. The third kappa shape index (κ3) is 3.81. The van der Waals surface area contributed by atoms with Gasteiger partial charge in [-0.15, -0.1) is 0 Å². The molecule has 5 heterocycles. The number of aromatic amines is 2. The Balaban J connectivity index is 1.45. The molecule has 6 aromatic rings. The number of rotatable bonds is 6. The maximum atomic E-state index is 14.5. The molecule has 9 heteroatoms. The zero-order valence-corrected chi connectivity index (χ0v) is 18.9. The molecular formula is C26H21FN8. The number of nitrogens with one attached hydrogen (secondary N) is 3. The van der Waals surface area contributed by atoms with Crippen LogP contribution in [0.5, 0.6) is 0 Å². The molecule has 0 aliphatic rings. The maximum Gasteiger partial charge on any atom is 0.159 e. The minimum atomic E-state index is -0.346. The van der Waals surface area contributed by atoms with Gasteiger partial charge in [0, 0.05) is 48.0 Å². The molecule has 1 aromatic carbocycles. The molecule has 0 atom stereocenters. The van der Waals surface area contributed by atoms with Crippen LogP contribution in [0, 0.1) is 5.82 Å². The summed E-state index contributed by atoms with van der Waals surface area (Å²) in [6.07, 6.45) is 7.13. The van der Waals surface area contributed by atoms with Crippen molar-refractivity contribution in [2.24, 2.45) is 0 Å². The molecule has 0 spiro atoms. The molecule has 0 fully saturated rings. The minimum Gasteiger partial charge on any atom is -0.336 e. The number of nitrogens with zero attached hydrogens (tertiary/aromatic N) is 5. The third-order valence-corrected chi connectivity index (χ3v) is 5.88. The van der Waals surface area contributed by atoms with Gasteiger partial charge in [0.1, 0.15) is 22.7 Å². The predicted molar refractivity (Wildman–Crippen MR) is 133 cm³/mol. The van der Waals surface area contributed by atoms with Crippen molar-refractivity contribution in [3.63, 3.8) is 0 Å². The molecule has 0 amide bonds. The lowest BCUT2D eigenvalue weighted by atomic mass is 10.1. The van der Waals surface area contributed by atoms with Crippen LogP contribution >= 0.6 is 0 Å². The van der Waals surface area contributed by atoms with Gasteiger partial charge in [-0.25, -0.2) is 14.4 Å². The predicted octanol–water partition coefficient (Wildman–Crippen LogP) is 4.87. The normalized spacial score (nSPS) is 11.5. The number of hydrogen-bond donors (Lipinski definition) is 3. The van der Waals surface area contributed by atoms with Gasteiger partial charge in [0.2, 0.25) is 0 Å². The number of fused-ring (bicyclic) bond motifs is 2. The average molecular weight is 465 g/mol. The quantitative estimate of drug-likeness (QED) is 0.324. The summed E-state index contributed by atoms with van der Waals surface area (Å²) in [5.41, 5.74) is 6.47. The van der Waals surface area contributed by atoms with Crippen molar-refractivity contribution in [3.05, 3.63) is 78.6 Å². The van der Waals surface area contributed by atoms with Gasteiger partial charge in [-0.3, -0.25) is 15.1 Å². The SMILES string of the molecule is CCNCc1cncc(-c2cnc3[nH]nc(-c4nc5c(-c6ccccc6F)nccc5[nH]4)c3c2)c1. The molecule has 5 aromatic heterocycles. The third-order valence-electron chi connectivity index (χ3n) is 5.88. The van der Waals surface area contributed by atoms with Crippen LogP contribution in [0.2, 0.25) is 0 Å². The molecule has 8 nitrogen and oxygen atoms in total. The second-order valence-corrected chi connectivity index (χ2v) is 8.18. The number of imidazole rings is 1. The fraction of sp³-hybridized carbons (Fsp3) is 0.115. The molecular weight excluding hydrogens is 443 g/mol. The zero-order chi connectivity index (χ0) is 23.8. The number of halogens is 1. The van der Waals surface area contributed by atoms with Crippen LogP contribution in [-0.4, -0.2) is 41.7 Å². The van der Waals surface area contributed by atoms with Crippen LogP contribution in [0.25, 0.3) is 56.0 Å². The van der Waals surface area contributed by atoms with Gasteiger partial charge in [-0.05, 0) is 42.4 Å². The Labute approximate surface area is 199 Å². The summed E-state index contributed by atoms with van der Waals surface area (Å²) in [4.78, 5) is 21.4. The van der Waals surface area contributed by atoms with E-state index >= 15 is 0 Å². The summed E-state index contributed by atoms with van der Waals surface area (Å²) in [5, 5.41) is 11.6. The number of benzene rings is 1. The van der Waals surface area contributed by atoms with Crippen molar-refractivity contribution in [2.45, 2.75) is 13.5 Å². The minimum absolute atomic E-state index is 0.346. The van der Waals surface area contributed by atoms with Gasteiger partial charge < -0.3 is 10.3 Å². The highest BCUT2D eigenvalue weighted by atomic mass is 19.1. The van der Waals surface area contributed by atoms with Crippen LogP contribution in [-0.2, 0) is 6.54 Å². The monoisotopic (exact) mass is 464 g/mol. The van der Waals surface area contributed by atoms with Crippen molar-refractivity contribution in [1.82, 2.24) is 40.4 Å². The van der Waals surface area contributed by atoms with E-state index in [0.717, 1.165) is 40.7 Å². The van der Waals surface area contributed by atoms with Gasteiger partial charge >= 0.3 is 0 Å². The standard InChI is InChI=1S/C26H21FN8/c1-2-28-11-15-9-16(13-29-12-15)17-10-19-23(34-35-25(19)31-14-17)26-32-21-7-8-30-22(24(21)33-26)18-5-3-4-6-20(18)27/h3-10,12-14,28H,2,11H2,1H3,(H,32,33)(H,31,34,35). The summed E-state index contributed by atoms with van der Waals surface area (Å²) in [6, 6.07) is 12.5. The summed E-state index contributed by atoms with van der Waals surface area (Å²) in [5.74, 6) is 0.205. The van der Waals surface area contributed by atoms with Crippen LogP contribution in [0.3, 0.4) is 0 Å². The molecule has 0 aliphatic heterocycles. The van der Waals surface area contributed by atoms with E-state index in [1.165, 1.54) is 6.07 Å². The molecule has 6 rings (SSSR count). The fourth-order valence-corrected chi connectivity index (χ4v) is 4.15. The molecule has 0 bridgehead atoms. The van der Waals surface area contributed by atoms with Crippen LogP contribution in [0.1, 0.15) is 12.5 Å². The number of aromatic nitrogens is 7. The van der Waals surface area contributed by atoms with Gasteiger partial charge in [-0.1, -0.05) is 19.1 Å². The largest absolute Gasteiger partial charge is 0.336 e. The molecule has 3 N–H and O–H groups in total. The Hall–Kier alpha value is -4.50. The molecule has 0 aliphatic carbocycles. The maximum absolute atomic E-state index is 14.5. The number of hydrogen-bond acceptors (Lipinski definition) is 6. The molecule has 0 saturated carbocycles. The van der Waals surface area contributed by atoms with Crippen LogP contribution < -0.4 is 5.32 Å². The molecule has 0 saturated heterocycles. The molecule has 0 unspecified atom stereocenters. The fourth-order valence-electron chi connectivity index (χ4n) is 4.15. The molecule has 172 valence electrons. The second-order valence-electron chi connectivity index (χ2n) is 8.18. The van der Waals surface area contributed by atoms with E-state index in [-0.39, 0.29) is 5.82 Å². The summed E-state index contributed by atoms with van der Waals surface area (Å²) in [7, 11) is 0. The van der Waals surface area contributed by atoms with E-state index in [1.54, 1.807) is 30.6 Å². The first kappa shape index (κ1) is 21.1. The van der Waals surface area contributed by atoms with Crippen molar-refractivity contribution in [2.75, 3.05) is 6.54 Å². The Bertz CT molecular complexity index is 1670. The Kier molecular flexibility index (Phi) is 5.23. The topological polar surface area (TPSA) is 108 Å². The van der Waals surface area contributed by atoms with Gasteiger partial charge in [0.25, 0.3) is 0 Å². The highest BCUT2D eigenvalue weighted by Crippen LogP contribution is 2.32. The lowest BCUT2D eigenvalue weighted by Crippen LogP contribution is -2.11. The van der Waals surface area contributed by atoms with Crippen molar-refractivity contribution < 1.29 is 4.39 Å². The summed E-state index contributed by atoms with van der Waals surface area (Å²) >= 11 is 0. The van der Waals surface area contributed by atoms with Gasteiger partial charge in [-0.2, -0.15) is 5.10 Å². The van der Waals surface area contributed by atoms with E-state index in [2.05, 4.69) is 48.4 Å². The first-order chi connectivity index (χ1) is 17.2. The second kappa shape index (κ2) is 8.69. The average Bonchev–Trinajstić information content (AvgIpc) is 3.51. The molecule has 35 heavy (non-hydrogen) atoms. The van der Waals surface area contributed by atoms with Crippen molar-refractivity contribution in [1.29, 1.82) is 0 Å². The Morgan fingerprint density at radius 1 is 0.971 bits per heavy atom. The van der Waals surface area contributed by atoms with Crippen molar-refractivity contribution in [3.8, 4) is 33.9 Å². The van der Waals surface area contributed by atoms with Crippen molar-refractivity contribution >= 4 is 22.1 Å². The first-order valence-electron chi connectivity index (χ1n) is 11.3. The Morgan fingerprint density at radius 3 is 2.74 bits per heavy atom.